The Morgan fingerprint density at radius 2 is 1.67 bits per heavy atom. The maximum absolute atomic E-state index is 11.9. The first-order valence-electron chi connectivity index (χ1n) is 5.40. The lowest BCUT2D eigenvalue weighted by Gasteiger charge is -2.06. The van der Waals surface area contributed by atoms with E-state index < -0.39 is 0 Å². The molecular weight excluding hydrogens is 310 g/mol. The maximum atomic E-state index is 11.9. The van der Waals surface area contributed by atoms with Crippen molar-refractivity contribution in [1.29, 1.82) is 0 Å². The van der Waals surface area contributed by atoms with E-state index in [0.717, 1.165) is 10.2 Å². The van der Waals surface area contributed by atoms with Crippen molar-refractivity contribution in [2.45, 2.75) is 4.90 Å². The summed E-state index contributed by atoms with van der Waals surface area (Å²) in [6.07, 6.45) is 2.02. The van der Waals surface area contributed by atoms with Crippen LogP contribution in [-0.2, 0) is 0 Å². The molecule has 2 rings (SSSR count). The summed E-state index contributed by atoms with van der Waals surface area (Å²) in [6, 6.07) is 15.1. The van der Waals surface area contributed by atoms with Gasteiger partial charge in [-0.2, -0.15) is 0 Å². The highest BCUT2D eigenvalue weighted by molar-refractivity contribution is 9.10. The number of amides is 1. The Morgan fingerprint density at radius 3 is 2.22 bits per heavy atom. The van der Waals surface area contributed by atoms with Crippen LogP contribution >= 0.6 is 27.7 Å². The number of benzene rings is 2. The Kier molecular flexibility index (Phi) is 4.44. The van der Waals surface area contributed by atoms with Gasteiger partial charge >= 0.3 is 0 Å². The number of anilines is 1. The van der Waals surface area contributed by atoms with Crippen molar-refractivity contribution in [3.05, 3.63) is 58.6 Å². The summed E-state index contributed by atoms with van der Waals surface area (Å²) < 4.78 is 0.961. The second kappa shape index (κ2) is 6.07. The summed E-state index contributed by atoms with van der Waals surface area (Å²) in [5.74, 6) is -0.0978. The van der Waals surface area contributed by atoms with Crippen LogP contribution in [0.25, 0.3) is 0 Å². The van der Waals surface area contributed by atoms with Gasteiger partial charge < -0.3 is 5.32 Å². The van der Waals surface area contributed by atoms with Gasteiger partial charge in [0.2, 0.25) is 0 Å². The first-order chi connectivity index (χ1) is 8.69. The smallest absolute Gasteiger partial charge is 0.255 e. The third-order valence-corrected chi connectivity index (χ3v) is 3.73. The predicted molar refractivity (Wildman–Crippen MR) is 80.3 cm³/mol. The molecule has 0 aromatic heterocycles. The summed E-state index contributed by atoms with van der Waals surface area (Å²) in [7, 11) is 0. The second-order valence-corrected chi connectivity index (χ2v) is 5.48. The number of hydrogen-bond donors (Lipinski definition) is 1. The third-order valence-electron chi connectivity index (χ3n) is 2.45. The number of carbonyl (C=O) groups is 1. The molecule has 0 bridgehead atoms. The summed E-state index contributed by atoms with van der Waals surface area (Å²) in [5, 5.41) is 2.87. The highest BCUT2D eigenvalue weighted by atomic mass is 79.9. The lowest BCUT2D eigenvalue weighted by molar-refractivity contribution is 0.102. The van der Waals surface area contributed by atoms with Crippen LogP contribution in [0.15, 0.2) is 57.9 Å². The SMILES string of the molecule is CSc1ccc(NC(=O)c2ccc(Br)cc2)cc1. The molecule has 18 heavy (non-hydrogen) atoms. The predicted octanol–water partition coefficient (Wildman–Crippen LogP) is 4.42. The number of nitrogens with one attached hydrogen (secondary N) is 1. The molecule has 1 N–H and O–H groups in total. The monoisotopic (exact) mass is 321 g/mol. The Balaban J connectivity index is 2.08. The Bertz CT molecular complexity index is 537. The molecule has 0 saturated heterocycles. The van der Waals surface area contributed by atoms with Crippen LogP contribution in [0.4, 0.5) is 5.69 Å². The molecule has 0 aliphatic rings. The van der Waals surface area contributed by atoms with Crippen LogP contribution in [0.2, 0.25) is 0 Å². The third kappa shape index (κ3) is 3.37. The molecule has 2 aromatic carbocycles. The van der Waals surface area contributed by atoms with Crippen LogP contribution < -0.4 is 5.32 Å². The molecule has 0 aliphatic carbocycles. The zero-order chi connectivity index (χ0) is 13.0. The van der Waals surface area contributed by atoms with Gasteiger partial charge in [0.15, 0.2) is 0 Å². The molecule has 0 aliphatic heterocycles. The van der Waals surface area contributed by atoms with Crippen LogP contribution in [0.3, 0.4) is 0 Å². The standard InChI is InChI=1S/C14H12BrNOS/c1-18-13-8-6-12(7-9-13)16-14(17)10-2-4-11(15)5-3-10/h2-9H,1H3,(H,16,17). The summed E-state index contributed by atoms with van der Waals surface area (Å²) >= 11 is 5.02. The van der Waals surface area contributed by atoms with Crippen molar-refractivity contribution in [3.8, 4) is 0 Å². The minimum Gasteiger partial charge on any atom is -0.322 e. The Labute approximate surface area is 119 Å². The van der Waals surface area contributed by atoms with Gasteiger partial charge in [-0.1, -0.05) is 15.9 Å². The molecule has 0 unspecified atom stereocenters. The number of halogens is 1. The molecule has 0 saturated carbocycles. The van der Waals surface area contributed by atoms with Crippen molar-refractivity contribution in [2.24, 2.45) is 0 Å². The number of rotatable bonds is 3. The van der Waals surface area contributed by atoms with Crippen molar-refractivity contribution >= 4 is 39.3 Å². The minimum absolute atomic E-state index is 0.0978. The van der Waals surface area contributed by atoms with Gasteiger partial charge in [-0.25, -0.2) is 0 Å². The fourth-order valence-electron chi connectivity index (χ4n) is 1.48. The van der Waals surface area contributed by atoms with Crippen LogP contribution in [0.5, 0.6) is 0 Å². The van der Waals surface area contributed by atoms with Gasteiger partial charge in [0, 0.05) is 20.6 Å². The molecule has 2 aromatic rings. The van der Waals surface area contributed by atoms with E-state index in [4.69, 9.17) is 0 Å². The Hall–Kier alpha value is -1.26. The molecule has 0 fully saturated rings. The van der Waals surface area contributed by atoms with E-state index in [0.29, 0.717) is 5.56 Å². The average Bonchev–Trinajstić information content (AvgIpc) is 2.40. The van der Waals surface area contributed by atoms with Gasteiger partial charge in [-0.05, 0) is 54.8 Å². The van der Waals surface area contributed by atoms with E-state index >= 15 is 0 Å². The molecule has 1 amide bonds. The largest absolute Gasteiger partial charge is 0.322 e. The van der Waals surface area contributed by atoms with Gasteiger partial charge in [0.25, 0.3) is 5.91 Å². The van der Waals surface area contributed by atoms with Gasteiger partial charge in [-0.3, -0.25) is 4.79 Å². The topological polar surface area (TPSA) is 29.1 Å². The van der Waals surface area contributed by atoms with Gasteiger partial charge in [0.05, 0.1) is 0 Å². The van der Waals surface area contributed by atoms with Crippen molar-refractivity contribution < 1.29 is 4.79 Å². The van der Waals surface area contributed by atoms with Crippen molar-refractivity contribution in [2.75, 3.05) is 11.6 Å². The van der Waals surface area contributed by atoms with Crippen molar-refractivity contribution in [1.82, 2.24) is 0 Å². The van der Waals surface area contributed by atoms with Crippen LogP contribution in [0, 0.1) is 0 Å². The van der Waals surface area contributed by atoms with E-state index in [2.05, 4.69) is 21.2 Å². The molecule has 0 radical (unpaired) electrons. The van der Waals surface area contributed by atoms with Gasteiger partial charge in [-0.15, -0.1) is 11.8 Å². The van der Waals surface area contributed by atoms with E-state index in [9.17, 15) is 4.79 Å². The molecule has 4 heteroatoms. The molecule has 0 heterocycles. The van der Waals surface area contributed by atoms with Crippen LogP contribution in [0.1, 0.15) is 10.4 Å². The summed E-state index contributed by atoms with van der Waals surface area (Å²) in [4.78, 5) is 13.1. The van der Waals surface area contributed by atoms with Crippen LogP contribution in [-0.4, -0.2) is 12.2 Å². The van der Waals surface area contributed by atoms with E-state index in [-0.39, 0.29) is 5.91 Å². The Morgan fingerprint density at radius 1 is 1.06 bits per heavy atom. The molecule has 2 nitrogen and oxygen atoms in total. The minimum atomic E-state index is -0.0978. The number of hydrogen-bond acceptors (Lipinski definition) is 2. The van der Waals surface area contributed by atoms with E-state index in [1.54, 1.807) is 23.9 Å². The average molecular weight is 322 g/mol. The zero-order valence-electron chi connectivity index (χ0n) is 9.81. The lowest BCUT2D eigenvalue weighted by atomic mass is 10.2. The lowest BCUT2D eigenvalue weighted by Crippen LogP contribution is -2.11. The zero-order valence-corrected chi connectivity index (χ0v) is 12.2. The molecule has 0 atom stereocenters. The second-order valence-electron chi connectivity index (χ2n) is 3.69. The molecular formula is C14H12BrNOS. The fraction of sp³-hybridized carbons (Fsp3) is 0.0714. The highest BCUT2D eigenvalue weighted by Gasteiger charge is 2.05. The first kappa shape index (κ1) is 13.2. The molecule has 0 spiro atoms. The first-order valence-corrected chi connectivity index (χ1v) is 7.42. The summed E-state index contributed by atoms with van der Waals surface area (Å²) in [5.41, 5.74) is 1.45. The van der Waals surface area contributed by atoms with E-state index in [1.807, 2.05) is 42.7 Å². The van der Waals surface area contributed by atoms with E-state index in [1.165, 1.54) is 4.90 Å². The highest BCUT2D eigenvalue weighted by Crippen LogP contribution is 2.18. The molecule has 92 valence electrons. The maximum Gasteiger partial charge on any atom is 0.255 e. The number of thioether (sulfide) groups is 1. The quantitative estimate of drug-likeness (QED) is 0.848. The summed E-state index contributed by atoms with van der Waals surface area (Å²) in [6.45, 7) is 0. The number of carbonyl (C=O) groups excluding carboxylic acids is 1. The van der Waals surface area contributed by atoms with Crippen molar-refractivity contribution in [3.63, 3.8) is 0 Å². The van der Waals surface area contributed by atoms with Gasteiger partial charge in [0.1, 0.15) is 0 Å². The normalized spacial score (nSPS) is 10.1. The fourth-order valence-corrected chi connectivity index (χ4v) is 2.15.